The number of pyridine rings is 1. The van der Waals surface area contributed by atoms with Gasteiger partial charge in [0.05, 0.1) is 16.3 Å². The van der Waals surface area contributed by atoms with Gasteiger partial charge < -0.3 is 9.30 Å². The number of nitro benzene ring substituents is 1. The van der Waals surface area contributed by atoms with Crippen molar-refractivity contribution in [1.82, 2.24) is 19.2 Å². The van der Waals surface area contributed by atoms with Crippen molar-refractivity contribution in [1.29, 1.82) is 0 Å². The highest BCUT2D eigenvalue weighted by Crippen LogP contribution is 2.29. The van der Waals surface area contributed by atoms with E-state index in [0.717, 1.165) is 33.7 Å². The minimum Gasteiger partial charge on any atom is -0.336 e. The summed E-state index contributed by atoms with van der Waals surface area (Å²) in [5.74, 6) is -0.511. The highest BCUT2D eigenvalue weighted by molar-refractivity contribution is 5.95. The number of halogens is 1. The number of benzene rings is 3. The van der Waals surface area contributed by atoms with E-state index < -0.39 is 4.92 Å². The quantitative estimate of drug-likeness (QED) is 0.192. The summed E-state index contributed by atoms with van der Waals surface area (Å²) in [5, 5.41) is 11.2. The molecule has 2 aromatic heterocycles. The average molecular weight is 550 g/mol. The number of nitro groups is 1. The molecule has 5 aromatic rings. The van der Waals surface area contributed by atoms with Crippen molar-refractivity contribution in [2.24, 2.45) is 0 Å². The SMILES string of the molecule is Cc1cccc(-c2ccc3nc(-c4ccc(F)cc4)c(CN4CCN(C(=O)c5cccc([N+](=O)[O-])c5)CC4)n3c2)c1. The lowest BCUT2D eigenvalue weighted by atomic mass is 10.1. The van der Waals surface area contributed by atoms with Crippen LogP contribution in [0.25, 0.3) is 28.0 Å². The lowest BCUT2D eigenvalue weighted by molar-refractivity contribution is -0.384. The first-order chi connectivity index (χ1) is 19.9. The number of non-ortho nitro benzene ring substituents is 1. The first-order valence-corrected chi connectivity index (χ1v) is 13.5. The van der Waals surface area contributed by atoms with Crippen molar-refractivity contribution in [3.63, 3.8) is 0 Å². The van der Waals surface area contributed by atoms with Crippen molar-refractivity contribution in [3.8, 4) is 22.4 Å². The molecule has 3 heterocycles. The molecule has 0 unspecified atom stereocenters. The number of carbonyl (C=O) groups is 1. The Morgan fingerprint density at radius 3 is 2.37 bits per heavy atom. The number of piperazine rings is 1. The molecule has 3 aromatic carbocycles. The Labute approximate surface area is 236 Å². The van der Waals surface area contributed by atoms with Gasteiger partial charge in [0.1, 0.15) is 11.5 Å². The zero-order chi connectivity index (χ0) is 28.5. The highest BCUT2D eigenvalue weighted by Gasteiger charge is 2.25. The smallest absolute Gasteiger partial charge is 0.270 e. The van der Waals surface area contributed by atoms with E-state index in [1.807, 2.05) is 12.1 Å². The van der Waals surface area contributed by atoms with E-state index in [2.05, 4.69) is 46.7 Å². The Morgan fingerprint density at radius 1 is 0.902 bits per heavy atom. The second kappa shape index (κ2) is 10.9. The molecule has 41 heavy (non-hydrogen) atoms. The van der Waals surface area contributed by atoms with E-state index in [0.29, 0.717) is 38.3 Å². The molecule has 0 spiro atoms. The van der Waals surface area contributed by atoms with E-state index >= 15 is 0 Å². The fourth-order valence-electron chi connectivity index (χ4n) is 5.33. The Kier molecular flexibility index (Phi) is 7.03. The zero-order valence-electron chi connectivity index (χ0n) is 22.5. The molecule has 6 rings (SSSR count). The molecule has 9 heteroatoms. The number of aryl methyl sites for hydroxylation is 1. The van der Waals surface area contributed by atoms with Crippen LogP contribution in [0.4, 0.5) is 10.1 Å². The number of hydrogen-bond acceptors (Lipinski definition) is 5. The summed E-state index contributed by atoms with van der Waals surface area (Å²) >= 11 is 0. The number of aromatic nitrogens is 2. The van der Waals surface area contributed by atoms with Crippen molar-refractivity contribution < 1.29 is 14.1 Å². The summed E-state index contributed by atoms with van der Waals surface area (Å²) in [5.41, 5.74) is 6.99. The van der Waals surface area contributed by atoms with E-state index in [9.17, 15) is 19.3 Å². The van der Waals surface area contributed by atoms with Gasteiger partial charge in [-0.05, 0) is 60.5 Å². The summed E-state index contributed by atoms with van der Waals surface area (Å²) < 4.78 is 15.8. The van der Waals surface area contributed by atoms with Gasteiger partial charge in [0.15, 0.2) is 0 Å². The Morgan fingerprint density at radius 2 is 1.63 bits per heavy atom. The van der Waals surface area contributed by atoms with E-state index in [-0.39, 0.29) is 17.4 Å². The predicted molar refractivity (Wildman–Crippen MR) is 155 cm³/mol. The topological polar surface area (TPSA) is 84.0 Å². The molecule has 1 aliphatic heterocycles. The summed E-state index contributed by atoms with van der Waals surface area (Å²) in [6, 6.07) is 24.7. The number of amides is 1. The Hall–Kier alpha value is -4.89. The molecule has 206 valence electrons. The number of hydrogen-bond donors (Lipinski definition) is 0. The lowest BCUT2D eigenvalue weighted by Crippen LogP contribution is -2.48. The first-order valence-electron chi connectivity index (χ1n) is 13.5. The Balaban J connectivity index is 1.28. The van der Waals surface area contributed by atoms with Crippen LogP contribution < -0.4 is 0 Å². The van der Waals surface area contributed by atoms with E-state index in [1.165, 1.54) is 35.9 Å². The van der Waals surface area contributed by atoms with Gasteiger partial charge in [-0.25, -0.2) is 9.37 Å². The fraction of sp³-hybridized carbons (Fsp3) is 0.188. The normalized spacial score (nSPS) is 14.0. The molecule has 1 aliphatic rings. The molecule has 0 saturated carbocycles. The predicted octanol–water partition coefficient (Wildman–Crippen LogP) is 5.98. The largest absolute Gasteiger partial charge is 0.336 e. The highest BCUT2D eigenvalue weighted by atomic mass is 19.1. The van der Waals surface area contributed by atoms with Crippen LogP contribution in [0.15, 0.2) is 91.1 Å². The zero-order valence-corrected chi connectivity index (χ0v) is 22.5. The molecular formula is C32H28FN5O3. The number of carbonyl (C=O) groups excluding carboxylic acids is 1. The maximum Gasteiger partial charge on any atom is 0.270 e. The molecule has 0 aliphatic carbocycles. The second-order valence-corrected chi connectivity index (χ2v) is 10.3. The molecule has 0 radical (unpaired) electrons. The molecule has 0 atom stereocenters. The molecule has 0 bridgehead atoms. The summed E-state index contributed by atoms with van der Waals surface area (Å²) in [6.45, 7) is 4.92. The molecular weight excluding hydrogens is 521 g/mol. The van der Waals surface area contributed by atoms with Crippen molar-refractivity contribution in [2.75, 3.05) is 26.2 Å². The fourth-order valence-corrected chi connectivity index (χ4v) is 5.33. The third-order valence-electron chi connectivity index (χ3n) is 7.52. The van der Waals surface area contributed by atoms with Crippen LogP contribution in [-0.4, -0.2) is 56.2 Å². The van der Waals surface area contributed by atoms with Gasteiger partial charge in [-0.1, -0.05) is 35.9 Å². The minimum atomic E-state index is -0.492. The minimum absolute atomic E-state index is 0.0968. The van der Waals surface area contributed by atoms with Gasteiger partial charge in [-0.3, -0.25) is 19.8 Å². The second-order valence-electron chi connectivity index (χ2n) is 10.3. The number of imidazole rings is 1. The van der Waals surface area contributed by atoms with E-state index in [1.54, 1.807) is 23.1 Å². The van der Waals surface area contributed by atoms with Crippen LogP contribution in [0, 0.1) is 22.9 Å². The van der Waals surface area contributed by atoms with Crippen molar-refractivity contribution in [3.05, 3.63) is 124 Å². The molecule has 0 N–H and O–H groups in total. The standard InChI is InChI=1S/C32H28FN5O3/c1-22-4-2-5-24(18-22)26-10-13-30-34-31(23-8-11-27(33)12-9-23)29(37(30)20-26)21-35-14-16-36(17-15-35)32(39)25-6-3-7-28(19-25)38(40)41/h2-13,18-20H,14-17,21H2,1H3. The van der Waals surface area contributed by atoms with Gasteiger partial charge in [-0.2, -0.15) is 0 Å². The third-order valence-corrected chi connectivity index (χ3v) is 7.52. The van der Waals surface area contributed by atoms with Gasteiger partial charge in [0.25, 0.3) is 11.6 Å². The van der Waals surface area contributed by atoms with E-state index in [4.69, 9.17) is 4.98 Å². The monoisotopic (exact) mass is 549 g/mol. The molecule has 8 nitrogen and oxygen atoms in total. The third kappa shape index (κ3) is 5.44. The number of fused-ring (bicyclic) bond motifs is 1. The summed E-state index contributed by atoms with van der Waals surface area (Å²) in [6.07, 6.45) is 2.10. The molecule has 1 fully saturated rings. The molecule has 1 amide bonds. The van der Waals surface area contributed by atoms with Crippen LogP contribution in [0.5, 0.6) is 0 Å². The number of nitrogens with zero attached hydrogens (tertiary/aromatic N) is 5. The number of rotatable bonds is 6. The summed E-state index contributed by atoms with van der Waals surface area (Å²) in [7, 11) is 0. The van der Waals surface area contributed by atoms with Crippen LogP contribution in [0.3, 0.4) is 0 Å². The average Bonchev–Trinajstić information content (AvgIpc) is 3.35. The Bertz CT molecular complexity index is 1760. The van der Waals surface area contributed by atoms with Gasteiger partial charge in [0.2, 0.25) is 0 Å². The van der Waals surface area contributed by atoms with Crippen LogP contribution in [0.2, 0.25) is 0 Å². The van der Waals surface area contributed by atoms with Crippen LogP contribution >= 0.6 is 0 Å². The first kappa shape index (κ1) is 26.3. The maximum atomic E-state index is 13.7. The lowest BCUT2D eigenvalue weighted by Gasteiger charge is -2.34. The van der Waals surface area contributed by atoms with Gasteiger partial charge in [0, 0.05) is 62.2 Å². The van der Waals surface area contributed by atoms with Crippen LogP contribution in [0.1, 0.15) is 21.6 Å². The van der Waals surface area contributed by atoms with Crippen LogP contribution in [-0.2, 0) is 6.54 Å². The summed E-state index contributed by atoms with van der Waals surface area (Å²) in [4.78, 5) is 32.7. The molecule has 1 saturated heterocycles. The van der Waals surface area contributed by atoms with Crippen molar-refractivity contribution in [2.45, 2.75) is 13.5 Å². The van der Waals surface area contributed by atoms with Gasteiger partial charge in [-0.15, -0.1) is 0 Å². The maximum absolute atomic E-state index is 13.7. The van der Waals surface area contributed by atoms with Gasteiger partial charge >= 0.3 is 0 Å². The van der Waals surface area contributed by atoms with Crippen molar-refractivity contribution >= 4 is 17.2 Å².